The van der Waals surface area contributed by atoms with Gasteiger partial charge in [0.2, 0.25) is 0 Å². The quantitative estimate of drug-likeness (QED) is 0.647. The highest BCUT2D eigenvalue weighted by atomic mass is 16.5. The first-order chi connectivity index (χ1) is 13.3. The number of ether oxygens (including phenoxy) is 1. The van der Waals surface area contributed by atoms with Gasteiger partial charge < -0.3 is 25.3 Å². The SMILES string of the molecule is O=C(NCc1nc2c(N3CCNCC3)cccc2[nH]1)OCc1ccccc1. The van der Waals surface area contributed by atoms with Crippen molar-refractivity contribution in [2.45, 2.75) is 13.2 Å². The van der Waals surface area contributed by atoms with Crippen LogP contribution in [-0.2, 0) is 17.9 Å². The Balaban J connectivity index is 1.38. The fraction of sp³-hybridized carbons (Fsp3) is 0.300. The number of fused-ring (bicyclic) bond motifs is 1. The number of piperazine rings is 1. The number of hydrogen-bond donors (Lipinski definition) is 3. The molecule has 140 valence electrons. The number of alkyl carbamates (subject to hydrolysis) is 1. The Morgan fingerprint density at radius 1 is 1.11 bits per heavy atom. The Kier molecular flexibility index (Phi) is 5.20. The number of amides is 1. The predicted molar refractivity (Wildman–Crippen MR) is 105 cm³/mol. The van der Waals surface area contributed by atoms with Gasteiger partial charge in [0.15, 0.2) is 0 Å². The maximum absolute atomic E-state index is 11.9. The largest absolute Gasteiger partial charge is 0.445 e. The highest BCUT2D eigenvalue weighted by Gasteiger charge is 2.16. The van der Waals surface area contributed by atoms with Crippen molar-refractivity contribution in [3.63, 3.8) is 0 Å². The summed E-state index contributed by atoms with van der Waals surface area (Å²) in [6.45, 7) is 4.42. The summed E-state index contributed by atoms with van der Waals surface area (Å²) in [6, 6.07) is 15.7. The van der Waals surface area contributed by atoms with E-state index in [-0.39, 0.29) is 6.61 Å². The summed E-state index contributed by atoms with van der Waals surface area (Å²) in [6.07, 6.45) is -0.457. The van der Waals surface area contributed by atoms with E-state index >= 15 is 0 Å². The molecule has 0 aliphatic carbocycles. The lowest BCUT2D eigenvalue weighted by molar-refractivity contribution is 0.139. The molecular formula is C20H23N5O2. The minimum atomic E-state index is -0.457. The van der Waals surface area contributed by atoms with E-state index in [4.69, 9.17) is 9.72 Å². The van der Waals surface area contributed by atoms with Gasteiger partial charge in [-0.05, 0) is 17.7 Å². The molecule has 0 bridgehead atoms. The van der Waals surface area contributed by atoms with E-state index in [1.165, 1.54) is 0 Å². The molecule has 3 aromatic rings. The highest BCUT2D eigenvalue weighted by molar-refractivity contribution is 5.89. The minimum absolute atomic E-state index is 0.250. The van der Waals surface area contributed by atoms with Crippen LogP contribution in [0.25, 0.3) is 11.0 Å². The Bertz CT molecular complexity index is 903. The third-order valence-electron chi connectivity index (χ3n) is 4.61. The number of anilines is 1. The molecule has 1 fully saturated rings. The van der Waals surface area contributed by atoms with Crippen LogP contribution >= 0.6 is 0 Å². The zero-order chi connectivity index (χ0) is 18.5. The molecule has 1 aliphatic heterocycles. The molecule has 0 radical (unpaired) electrons. The molecule has 0 unspecified atom stereocenters. The first-order valence-electron chi connectivity index (χ1n) is 9.17. The molecule has 2 aromatic carbocycles. The second-order valence-corrected chi connectivity index (χ2v) is 6.51. The number of rotatable bonds is 5. The first-order valence-corrected chi connectivity index (χ1v) is 9.17. The molecule has 7 heteroatoms. The topological polar surface area (TPSA) is 82.3 Å². The summed E-state index contributed by atoms with van der Waals surface area (Å²) in [5, 5.41) is 6.11. The zero-order valence-corrected chi connectivity index (χ0v) is 15.1. The second-order valence-electron chi connectivity index (χ2n) is 6.51. The lowest BCUT2D eigenvalue weighted by Gasteiger charge is -2.29. The van der Waals surface area contributed by atoms with Crippen molar-refractivity contribution in [3.05, 3.63) is 59.9 Å². The molecule has 0 spiro atoms. The van der Waals surface area contributed by atoms with Crippen molar-refractivity contribution < 1.29 is 9.53 Å². The van der Waals surface area contributed by atoms with Crippen molar-refractivity contribution in [2.24, 2.45) is 0 Å². The monoisotopic (exact) mass is 365 g/mol. The van der Waals surface area contributed by atoms with E-state index in [0.29, 0.717) is 12.4 Å². The Hall–Kier alpha value is -3.06. The molecule has 0 saturated carbocycles. The van der Waals surface area contributed by atoms with Crippen molar-refractivity contribution in [1.82, 2.24) is 20.6 Å². The number of aromatic amines is 1. The molecular weight excluding hydrogens is 342 g/mol. The molecule has 3 N–H and O–H groups in total. The Labute approximate surface area is 157 Å². The van der Waals surface area contributed by atoms with Gasteiger partial charge in [0.25, 0.3) is 0 Å². The number of para-hydroxylation sites is 1. The molecule has 2 heterocycles. The first kappa shape index (κ1) is 17.4. The molecule has 7 nitrogen and oxygen atoms in total. The lowest BCUT2D eigenvalue weighted by Crippen LogP contribution is -2.43. The molecule has 1 aromatic heterocycles. The number of aromatic nitrogens is 2. The van der Waals surface area contributed by atoms with Crippen molar-refractivity contribution in [3.8, 4) is 0 Å². The van der Waals surface area contributed by atoms with Gasteiger partial charge >= 0.3 is 6.09 Å². The van der Waals surface area contributed by atoms with Gasteiger partial charge in [-0.25, -0.2) is 9.78 Å². The molecule has 4 rings (SSSR count). The average molecular weight is 365 g/mol. The van der Waals surface area contributed by atoms with Crippen LogP contribution in [0.3, 0.4) is 0 Å². The van der Waals surface area contributed by atoms with Crippen LogP contribution in [0.4, 0.5) is 10.5 Å². The number of nitrogens with one attached hydrogen (secondary N) is 3. The predicted octanol–water partition coefficient (Wildman–Crippen LogP) is 2.40. The lowest BCUT2D eigenvalue weighted by atomic mass is 10.2. The molecule has 1 amide bonds. The van der Waals surface area contributed by atoms with E-state index in [2.05, 4.69) is 26.6 Å². The zero-order valence-electron chi connectivity index (χ0n) is 15.1. The molecule has 1 saturated heterocycles. The number of H-pyrrole nitrogens is 1. The van der Waals surface area contributed by atoms with Crippen LogP contribution < -0.4 is 15.5 Å². The average Bonchev–Trinajstić information content (AvgIpc) is 3.15. The summed E-state index contributed by atoms with van der Waals surface area (Å²) in [5.41, 5.74) is 3.99. The number of benzene rings is 2. The van der Waals surface area contributed by atoms with Crippen molar-refractivity contribution in [2.75, 3.05) is 31.1 Å². The summed E-state index contributed by atoms with van der Waals surface area (Å²) < 4.78 is 5.24. The van der Waals surface area contributed by atoms with Gasteiger partial charge in [0, 0.05) is 26.2 Å². The van der Waals surface area contributed by atoms with E-state index in [0.717, 1.165) is 48.5 Å². The Morgan fingerprint density at radius 2 is 1.93 bits per heavy atom. The Morgan fingerprint density at radius 3 is 2.74 bits per heavy atom. The number of nitrogens with zero attached hydrogens (tertiary/aromatic N) is 2. The van der Waals surface area contributed by atoms with Crippen LogP contribution in [-0.4, -0.2) is 42.2 Å². The smallest absolute Gasteiger partial charge is 0.407 e. The normalized spacial score (nSPS) is 14.3. The van der Waals surface area contributed by atoms with Gasteiger partial charge in [-0.15, -0.1) is 0 Å². The summed E-state index contributed by atoms with van der Waals surface area (Å²) in [5.74, 6) is 0.712. The molecule has 27 heavy (non-hydrogen) atoms. The second kappa shape index (κ2) is 8.09. The number of hydrogen-bond acceptors (Lipinski definition) is 5. The van der Waals surface area contributed by atoms with Gasteiger partial charge in [-0.2, -0.15) is 0 Å². The van der Waals surface area contributed by atoms with Crippen molar-refractivity contribution in [1.29, 1.82) is 0 Å². The van der Waals surface area contributed by atoms with Gasteiger partial charge in [-0.1, -0.05) is 36.4 Å². The van der Waals surface area contributed by atoms with Crippen LogP contribution in [0.1, 0.15) is 11.4 Å². The van der Waals surface area contributed by atoms with Crippen molar-refractivity contribution >= 4 is 22.8 Å². The van der Waals surface area contributed by atoms with E-state index in [9.17, 15) is 4.79 Å². The third-order valence-corrected chi connectivity index (χ3v) is 4.61. The molecule has 0 atom stereocenters. The fourth-order valence-corrected chi connectivity index (χ4v) is 3.24. The maximum atomic E-state index is 11.9. The summed E-state index contributed by atoms with van der Waals surface area (Å²) >= 11 is 0. The van der Waals surface area contributed by atoms with Gasteiger partial charge in [-0.3, -0.25) is 0 Å². The molecule has 1 aliphatic rings. The van der Waals surface area contributed by atoms with Gasteiger partial charge in [0.05, 0.1) is 17.7 Å². The van der Waals surface area contributed by atoms with Crippen LogP contribution in [0.2, 0.25) is 0 Å². The van der Waals surface area contributed by atoms with E-state index in [1.807, 2.05) is 42.5 Å². The number of imidazole rings is 1. The summed E-state index contributed by atoms with van der Waals surface area (Å²) in [7, 11) is 0. The van der Waals surface area contributed by atoms with Crippen LogP contribution in [0, 0.1) is 0 Å². The maximum Gasteiger partial charge on any atom is 0.407 e. The fourth-order valence-electron chi connectivity index (χ4n) is 3.24. The van der Waals surface area contributed by atoms with Gasteiger partial charge in [0.1, 0.15) is 17.9 Å². The van der Waals surface area contributed by atoms with Crippen LogP contribution in [0.5, 0.6) is 0 Å². The number of carbonyl (C=O) groups excluding carboxylic acids is 1. The van der Waals surface area contributed by atoms with E-state index < -0.39 is 6.09 Å². The third kappa shape index (κ3) is 4.20. The minimum Gasteiger partial charge on any atom is -0.445 e. The summed E-state index contributed by atoms with van der Waals surface area (Å²) in [4.78, 5) is 22.2. The highest BCUT2D eigenvalue weighted by Crippen LogP contribution is 2.25. The number of carbonyl (C=O) groups is 1. The van der Waals surface area contributed by atoms with E-state index in [1.54, 1.807) is 0 Å². The van der Waals surface area contributed by atoms with Crippen LogP contribution in [0.15, 0.2) is 48.5 Å². The standard InChI is InChI=1S/C20H23N5O2/c26-20(27-14-15-5-2-1-3-6-15)22-13-18-23-16-7-4-8-17(19(16)24-18)25-11-9-21-10-12-25/h1-8,21H,9-14H2,(H,22,26)(H,23,24).